The second-order valence-electron chi connectivity index (χ2n) is 20.7. The lowest BCUT2D eigenvalue weighted by Crippen LogP contribution is -2.46. The first-order valence-electron chi connectivity index (χ1n) is 19.5. The largest absolute Gasteiger partial charge is 0.415 e. The topological polar surface area (TPSA) is 112 Å². The number of nitrogens with zero attached hydrogens (tertiary/aromatic N) is 2. The number of hydrogen-bond donors (Lipinski definition) is 0. The maximum absolute atomic E-state index is 14.4. The third kappa shape index (κ3) is 13.9. The molecule has 0 bridgehead atoms. The molecule has 1 aromatic carbocycles. The average molecular weight is 870 g/mol. The van der Waals surface area contributed by atoms with Gasteiger partial charge in [0.2, 0.25) is 20.0 Å². The minimum Gasteiger partial charge on any atom is -0.415 e. The van der Waals surface area contributed by atoms with Gasteiger partial charge in [0.15, 0.2) is 33.3 Å². The van der Waals surface area contributed by atoms with Gasteiger partial charge in [-0.2, -0.15) is 8.61 Å². The van der Waals surface area contributed by atoms with Gasteiger partial charge in [0, 0.05) is 52.6 Å². The Hall–Kier alpha value is -0.252. The van der Waals surface area contributed by atoms with E-state index in [-0.39, 0.29) is 82.6 Å². The highest BCUT2D eigenvalue weighted by atomic mass is 32.2. The normalized spacial score (nSPS) is 15.1. The van der Waals surface area contributed by atoms with Gasteiger partial charge in [0.05, 0.1) is 9.79 Å². The van der Waals surface area contributed by atoms with Gasteiger partial charge in [-0.1, -0.05) is 89.2 Å². The van der Waals surface area contributed by atoms with Crippen LogP contribution in [-0.4, -0.2) is 111 Å². The molecule has 0 fully saturated rings. The molecule has 0 N–H and O–H groups in total. The van der Waals surface area contributed by atoms with Gasteiger partial charge >= 0.3 is 0 Å². The first-order valence-corrected chi connectivity index (χ1v) is 34.0. The van der Waals surface area contributed by atoms with Crippen LogP contribution in [0, 0.1) is 0 Å². The standard InChI is InChI=1S/C38H80N2O8S2Si4/c1-35(2,3)51(13,14)45-28-24-39(25-29-46-52(15,16)36(4,5)6)49(41,42)33-22-21-23-34(32-33)50(43,44)40(26-30-47-53(17,18)37(7,8)9)27-31-48-54(19,20)38(10,11)12/h21-23,32H,24-31H2,1-20H3. The summed E-state index contributed by atoms with van der Waals surface area (Å²) >= 11 is 0. The molecule has 0 aliphatic carbocycles. The van der Waals surface area contributed by atoms with Crippen LogP contribution in [0.1, 0.15) is 83.1 Å². The van der Waals surface area contributed by atoms with Crippen LogP contribution in [0.25, 0.3) is 0 Å². The van der Waals surface area contributed by atoms with E-state index in [4.69, 9.17) is 17.7 Å². The quantitative estimate of drug-likeness (QED) is 0.119. The van der Waals surface area contributed by atoms with E-state index < -0.39 is 53.3 Å². The molecule has 0 amide bonds. The predicted octanol–water partition coefficient (Wildman–Crippen LogP) is 9.76. The lowest BCUT2D eigenvalue weighted by atomic mass is 10.2. The van der Waals surface area contributed by atoms with Crippen LogP contribution < -0.4 is 0 Å². The molecule has 0 radical (unpaired) electrons. The number of rotatable bonds is 20. The minimum absolute atomic E-state index is 0.0395. The monoisotopic (exact) mass is 868 g/mol. The molecule has 0 aliphatic rings. The van der Waals surface area contributed by atoms with Crippen LogP contribution in [0.4, 0.5) is 0 Å². The van der Waals surface area contributed by atoms with Crippen LogP contribution in [0.5, 0.6) is 0 Å². The molecular formula is C38H80N2O8S2Si4. The molecule has 0 unspecified atom stereocenters. The van der Waals surface area contributed by atoms with Crippen molar-refractivity contribution in [2.45, 2.75) is 165 Å². The Bertz CT molecular complexity index is 1400. The molecular weight excluding hydrogens is 789 g/mol. The highest BCUT2D eigenvalue weighted by Gasteiger charge is 2.41. The van der Waals surface area contributed by atoms with Crippen molar-refractivity contribution >= 4 is 53.3 Å². The van der Waals surface area contributed by atoms with Crippen molar-refractivity contribution in [3.63, 3.8) is 0 Å². The number of hydrogen-bond acceptors (Lipinski definition) is 8. The fourth-order valence-corrected chi connectivity index (χ4v) is 11.4. The zero-order chi connectivity index (χ0) is 42.6. The summed E-state index contributed by atoms with van der Waals surface area (Å²) in [4.78, 5) is -0.170. The van der Waals surface area contributed by atoms with E-state index in [0.717, 1.165) is 0 Å². The van der Waals surface area contributed by atoms with Gasteiger partial charge in [-0.3, -0.25) is 0 Å². The summed E-state index contributed by atoms with van der Waals surface area (Å²) in [6.07, 6.45) is 0. The van der Waals surface area contributed by atoms with E-state index in [1.165, 1.54) is 32.9 Å². The van der Waals surface area contributed by atoms with E-state index in [0.29, 0.717) is 0 Å². The van der Waals surface area contributed by atoms with Crippen molar-refractivity contribution < 1.29 is 34.5 Å². The van der Waals surface area contributed by atoms with Gasteiger partial charge in [0.25, 0.3) is 0 Å². The molecule has 0 aliphatic heterocycles. The average Bonchev–Trinajstić information content (AvgIpc) is 2.97. The summed E-state index contributed by atoms with van der Waals surface area (Å²) in [7, 11) is -16.9. The Morgan fingerprint density at radius 1 is 0.444 bits per heavy atom. The Morgan fingerprint density at radius 3 is 0.833 bits per heavy atom. The maximum atomic E-state index is 14.4. The van der Waals surface area contributed by atoms with Crippen LogP contribution in [0.3, 0.4) is 0 Å². The Labute approximate surface area is 337 Å². The minimum atomic E-state index is -4.14. The summed E-state index contributed by atoms with van der Waals surface area (Å²) in [6.45, 7) is 44.3. The first kappa shape index (κ1) is 51.8. The Morgan fingerprint density at radius 2 is 0.648 bits per heavy atom. The Balaban J connectivity index is 3.57. The van der Waals surface area contributed by atoms with Crippen LogP contribution in [0.15, 0.2) is 34.1 Å². The van der Waals surface area contributed by atoms with E-state index >= 15 is 0 Å². The van der Waals surface area contributed by atoms with Crippen molar-refractivity contribution in [1.29, 1.82) is 0 Å². The molecule has 0 atom stereocenters. The lowest BCUT2D eigenvalue weighted by Gasteiger charge is -2.38. The van der Waals surface area contributed by atoms with Gasteiger partial charge in [-0.15, -0.1) is 0 Å². The summed E-state index contributed by atoms with van der Waals surface area (Å²) in [5, 5.41) is -0.158. The van der Waals surface area contributed by atoms with Crippen molar-refractivity contribution in [3.8, 4) is 0 Å². The second-order valence-corrected chi connectivity index (χ2v) is 43.8. The number of benzene rings is 1. The van der Waals surface area contributed by atoms with Crippen molar-refractivity contribution in [2.24, 2.45) is 0 Å². The van der Waals surface area contributed by atoms with Gasteiger partial charge in [-0.05, 0) is 90.7 Å². The van der Waals surface area contributed by atoms with Gasteiger partial charge in [0.1, 0.15) is 0 Å². The highest BCUT2D eigenvalue weighted by Crippen LogP contribution is 2.39. The molecule has 1 aromatic rings. The molecule has 0 aromatic heterocycles. The molecule has 0 saturated heterocycles. The molecule has 0 heterocycles. The molecule has 318 valence electrons. The highest BCUT2D eigenvalue weighted by molar-refractivity contribution is 7.90. The summed E-state index contributed by atoms with van der Waals surface area (Å²) < 4.78 is 86.2. The SMILES string of the molecule is CC(C)(C)[Si](C)(C)OCCN(CCO[Si](C)(C)C(C)(C)C)S(=O)(=O)c1cccc(S(=O)(=O)N(CCO[Si](C)(C)C(C)(C)C)CCO[Si](C)(C)C(C)(C)C)c1. The summed E-state index contributed by atoms with van der Waals surface area (Å²) in [5.74, 6) is 0. The van der Waals surface area contributed by atoms with E-state index in [2.05, 4.69) is 135 Å². The summed E-state index contributed by atoms with van der Waals surface area (Å²) in [5.41, 5.74) is 0. The molecule has 16 heteroatoms. The second kappa shape index (κ2) is 18.3. The van der Waals surface area contributed by atoms with Crippen LogP contribution in [-0.2, 0) is 37.8 Å². The molecule has 54 heavy (non-hydrogen) atoms. The van der Waals surface area contributed by atoms with Crippen LogP contribution in [0.2, 0.25) is 72.5 Å². The number of sulfonamides is 2. The zero-order valence-corrected chi connectivity index (χ0v) is 43.6. The Kier molecular flexibility index (Phi) is 17.6. The van der Waals surface area contributed by atoms with Gasteiger partial charge in [-0.25, -0.2) is 16.8 Å². The van der Waals surface area contributed by atoms with E-state index in [9.17, 15) is 16.8 Å². The smallest absolute Gasteiger partial charge is 0.243 e. The van der Waals surface area contributed by atoms with Crippen molar-refractivity contribution in [2.75, 3.05) is 52.6 Å². The first-order chi connectivity index (χ1) is 23.8. The third-order valence-electron chi connectivity index (χ3n) is 12.5. The molecule has 10 nitrogen and oxygen atoms in total. The van der Waals surface area contributed by atoms with Crippen molar-refractivity contribution in [3.05, 3.63) is 24.3 Å². The molecule has 0 spiro atoms. The maximum Gasteiger partial charge on any atom is 0.243 e. The fourth-order valence-electron chi connectivity index (χ4n) is 4.27. The molecule has 1 rings (SSSR count). The predicted molar refractivity (Wildman–Crippen MR) is 237 cm³/mol. The summed E-state index contributed by atoms with van der Waals surface area (Å²) in [6, 6.07) is 5.73. The zero-order valence-electron chi connectivity index (χ0n) is 37.9. The fraction of sp³-hybridized carbons (Fsp3) is 0.842. The third-order valence-corrected chi connectivity index (χ3v) is 34.5. The van der Waals surface area contributed by atoms with E-state index in [1.807, 2.05) is 0 Å². The van der Waals surface area contributed by atoms with Gasteiger partial charge < -0.3 is 17.7 Å². The molecule has 0 saturated carbocycles. The van der Waals surface area contributed by atoms with Crippen molar-refractivity contribution in [1.82, 2.24) is 8.61 Å². The van der Waals surface area contributed by atoms with Crippen LogP contribution >= 0.6 is 0 Å². The lowest BCUT2D eigenvalue weighted by molar-refractivity contribution is 0.219. The van der Waals surface area contributed by atoms with E-state index in [1.54, 1.807) is 0 Å².